The van der Waals surface area contributed by atoms with Gasteiger partial charge in [-0.3, -0.25) is 14.5 Å². The molecular formula is C31H37FN4O6. The number of carbonyl (C=O) groups excluding carboxylic acids is 3. The number of amides is 3. The van der Waals surface area contributed by atoms with Crippen LogP contribution in [0.1, 0.15) is 25.8 Å². The molecule has 2 aromatic rings. The van der Waals surface area contributed by atoms with Crippen LogP contribution in [0.3, 0.4) is 0 Å². The molecule has 3 amide bonds. The van der Waals surface area contributed by atoms with E-state index in [9.17, 15) is 18.8 Å². The van der Waals surface area contributed by atoms with Crippen molar-refractivity contribution < 1.29 is 33.0 Å². The summed E-state index contributed by atoms with van der Waals surface area (Å²) in [4.78, 5) is 43.4. The lowest BCUT2D eigenvalue weighted by Crippen LogP contribution is -2.59. The van der Waals surface area contributed by atoms with E-state index in [4.69, 9.17) is 20.6 Å². The van der Waals surface area contributed by atoms with Crippen molar-refractivity contribution in [2.75, 3.05) is 26.7 Å². The van der Waals surface area contributed by atoms with Gasteiger partial charge in [0.25, 0.3) is 0 Å². The molecule has 0 radical (unpaired) electrons. The third-order valence-corrected chi connectivity index (χ3v) is 7.69. The van der Waals surface area contributed by atoms with Crippen LogP contribution in [0, 0.1) is 18.2 Å². The van der Waals surface area contributed by atoms with Gasteiger partial charge in [0.15, 0.2) is 0 Å². The minimum atomic E-state index is -1.04. The summed E-state index contributed by atoms with van der Waals surface area (Å²) in [5.41, 5.74) is 0.847. The Morgan fingerprint density at radius 1 is 1.10 bits per heavy atom. The normalized spacial score (nSPS) is 21.5. The van der Waals surface area contributed by atoms with E-state index < -0.39 is 48.3 Å². The summed E-state index contributed by atoms with van der Waals surface area (Å²) in [7, 11) is 1.64. The average molecular weight is 581 g/mol. The second-order valence-electron chi connectivity index (χ2n) is 10.4. The van der Waals surface area contributed by atoms with Crippen LogP contribution in [0.5, 0.6) is 5.75 Å². The van der Waals surface area contributed by atoms with E-state index in [2.05, 4.69) is 16.6 Å². The van der Waals surface area contributed by atoms with Crippen LogP contribution in [0.25, 0.3) is 0 Å². The number of fused-ring (bicyclic) bond motifs is 1. The molecule has 2 aliphatic heterocycles. The zero-order valence-corrected chi connectivity index (χ0v) is 24.0. The predicted molar refractivity (Wildman–Crippen MR) is 153 cm³/mol. The van der Waals surface area contributed by atoms with E-state index in [1.165, 1.54) is 24.3 Å². The molecule has 2 N–H and O–H groups in total. The quantitative estimate of drug-likeness (QED) is 0.393. The average Bonchev–Trinajstić information content (AvgIpc) is 3.59. The van der Waals surface area contributed by atoms with E-state index in [0.29, 0.717) is 18.7 Å². The molecule has 0 saturated carbocycles. The van der Waals surface area contributed by atoms with Crippen molar-refractivity contribution in [1.29, 1.82) is 0 Å². The van der Waals surface area contributed by atoms with Crippen LogP contribution in [-0.2, 0) is 25.7 Å². The molecule has 2 aromatic carbocycles. The lowest BCUT2D eigenvalue weighted by Gasteiger charge is -2.34. The van der Waals surface area contributed by atoms with Crippen molar-refractivity contribution in [2.24, 2.45) is 0 Å². The largest absolute Gasteiger partial charge is 0.486 e. The Balaban J connectivity index is 1.58. The van der Waals surface area contributed by atoms with E-state index in [0.717, 1.165) is 5.56 Å². The van der Waals surface area contributed by atoms with Gasteiger partial charge in [0.05, 0.1) is 30.8 Å². The lowest BCUT2D eigenvalue weighted by molar-refractivity contribution is -0.142. The van der Waals surface area contributed by atoms with Crippen molar-refractivity contribution in [3.8, 4) is 18.1 Å². The van der Waals surface area contributed by atoms with Crippen molar-refractivity contribution >= 4 is 17.9 Å². The number of hydrogen-bond acceptors (Lipinski definition) is 7. The molecule has 2 heterocycles. The highest BCUT2D eigenvalue weighted by Gasteiger charge is 2.54. The van der Waals surface area contributed by atoms with E-state index in [1.807, 2.05) is 30.3 Å². The Morgan fingerprint density at radius 3 is 2.48 bits per heavy atom. The van der Waals surface area contributed by atoms with Crippen LogP contribution in [0.15, 0.2) is 54.6 Å². The maximum atomic E-state index is 14.1. The minimum absolute atomic E-state index is 0.0359. The molecular weight excluding hydrogens is 543 g/mol. The van der Waals surface area contributed by atoms with Gasteiger partial charge in [-0.05, 0) is 57.1 Å². The molecule has 2 aliphatic rings. The predicted octanol–water partition coefficient (Wildman–Crippen LogP) is 2.33. The molecule has 2 fully saturated rings. The summed E-state index contributed by atoms with van der Waals surface area (Å²) in [5, 5.41) is 5.67. The number of likely N-dealkylation sites (tertiary alicyclic amines) is 2. The molecule has 42 heavy (non-hydrogen) atoms. The Kier molecular flexibility index (Phi) is 10.4. The first-order valence-corrected chi connectivity index (χ1v) is 14.0. The Morgan fingerprint density at radius 2 is 1.81 bits per heavy atom. The van der Waals surface area contributed by atoms with Crippen LogP contribution in [0.4, 0.5) is 9.18 Å². The van der Waals surface area contributed by atoms with Gasteiger partial charge in [-0.15, -0.1) is 6.42 Å². The number of hydrogen-bond donors (Lipinski definition) is 2. The number of ether oxygens (including phenoxy) is 3. The summed E-state index contributed by atoms with van der Waals surface area (Å²) in [6, 6.07) is 12.4. The maximum absolute atomic E-state index is 14.1. The molecule has 6 atom stereocenters. The number of nitrogens with one attached hydrogen (secondary N) is 2. The highest BCUT2D eigenvalue weighted by Crippen LogP contribution is 2.35. The molecule has 11 heteroatoms. The van der Waals surface area contributed by atoms with Crippen LogP contribution < -0.4 is 15.4 Å². The molecule has 10 nitrogen and oxygen atoms in total. The second kappa shape index (κ2) is 14.2. The van der Waals surface area contributed by atoms with Gasteiger partial charge < -0.3 is 29.7 Å². The molecule has 0 bridgehead atoms. The number of halogens is 1. The van der Waals surface area contributed by atoms with Crippen LogP contribution in [0.2, 0.25) is 0 Å². The standard InChI is InChI=1S/C31H37FN4O6/c1-5-17-40-21(3)27(34-29(37)20(2)33-4)30(38)35-16-15-25-28(35)26(42-24-13-11-23(32)12-14-24)18-36(25)31(39)41-19-22-9-7-6-8-10-22/h1,6-14,20-21,25-28,33H,15-19H2,2-4H3,(H,34,37)/t20-,21+,25+,26-,27-,28-/m0/s1. The van der Waals surface area contributed by atoms with Crippen molar-refractivity contribution in [1.82, 2.24) is 20.4 Å². The summed E-state index contributed by atoms with van der Waals surface area (Å²) >= 11 is 0. The van der Waals surface area contributed by atoms with Gasteiger partial charge in [-0.1, -0.05) is 36.3 Å². The van der Waals surface area contributed by atoms with Crippen molar-refractivity contribution in [3.63, 3.8) is 0 Å². The first-order chi connectivity index (χ1) is 20.2. The molecule has 0 unspecified atom stereocenters. The minimum Gasteiger partial charge on any atom is -0.486 e. The van der Waals surface area contributed by atoms with Crippen molar-refractivity contribution in [3.05, 3.63) is 66.0 Å². The van der Waals surface area contributed by atoms with E-state index >= 15 is 0 Å². The number of carbonyl (C=O) groups is 3. The van der Waals surface area contributed by atoms with Crippen molar-refractivity contribution in [2.45, 2.75) is 63.3 Å². The summed E-state index contributed by atoms with van der Waals surface area (Å²) in [6.07, 6.45) is 3.96. The third-order valence-electron chi connectivity index (χ3n) is 7.69. The molecule has 0 aromatic heterocycles. The Hall–Kier alpha value is -4.14. The zero-order chi connectivity index (χ0) is 30.2. The molecule has 0 aliphatic carbocycles. The number of benzene rings is 2. The van der Waals surface area contributed by atoms with E-state index in [-0.39, 0.29) is 31.6 Å². The van der Waals surface area contributed by atoms with Gasteiger partial charge in [-0.2, -0.15) is 0 Å². The summed E-state index contributed by atoms with van der Waals surface area (Å²) in [6.45, 7) is 3.88. The molecule has 224 valence electrons. The van der Waals surface area contributed by atoms with Gasteiger partial charge in [0.2, 0.25) is 11.8 Å². The molecule has 4 rings (SSSR count). The first-order valence-electron chi connectivity index (χ1n) is 14.0. The van der Waals surface area contributed by atoms with E-state index in [1.54, 1.807) is 30.7 Å². The fraction of sp³-hybridized carbons (Fsp3) is 0.452. The van der Waals surface area contributed by atoms with Crippen LogP contribution in [-0.4, -0.2) is 90.8 Å². The highest BCUT2D eigenvalue weighted by atomic mass is 19.1. The Labute approximate surface area is 245 Å². The van der Waals surface area contributed by atoms with Gasteiger partial charge in [-0.25, -0.2) is 9.18 Å². The highest BCUT2D eigenvalue weighted by molar-refractivity contribution is 5.90. The fourth-order valence-electron chi connectivity index (χ4n) is 5.33. The first kappa shape index (κ1) is 30.8. The lowest BCUT2D eigenvalue weighted by atomic mass is 10.1. The SMILES string of the molecule is C#CCO[C@H](C)[C@H](NC(=O)[C@H](C)NC)C(=O)N1CC[C@@H]2[C@H]1[C@@H](Oc1ccc(F)cc1)CN2C(=O)OCc1ccccc1. The molecule has 2 saturated heterocycles. The number of terminal acetylenes is 1. The number of rotatable bonds is 11. The topological polar surface area (TPSA) is 109 Å². The van der Waals surface area contributed by atoms with Gasteiger partial charge in [0, 0.05) is 6.54 Å². The Bertz CT molecular complexity index is 1270. The fourth-order valence-corrected chi connectivity index (χ4v) is 5.33. The summed E-state index contributed by atoms with van der Waals surface area (Å²) in [5.74, 6) is 1.62. The third kappa shape index (κ3) is 7.19. The monoisotopic (exact) mass is 580 g/mol. The van der Waals surface area contributed by atoms with Gasteiger partial charge in [0.1, 0.15) is 36.9 Å². The number of nitrogens with zero attached hydrogens (tertiary/aromatic N) is 2. The smallest absolute Gasteiger partial charge is 0.410 e. The molecule has 0 spiro atoms. The summed E-state index contributed by atoms with van der Waals surface area (Å²) < 4.78 is 31.1. The van der Waals surface area contributed by atoms with Gasteiger partial charge >= 0.3 is 6.09 Å². The van der Waals surface area contributed by atoms with Crippen LogP contribution >= 0.6 is 0 Å². The maximum Gasteiger partial charge on any atom is 0.410 e. The second-order valence-corrected chi connectivity index (χ2v) is 10.4. The zero-order valence-electron chi connectivity index (χ0n) is 24.0. The number of likely N-dealkylation sites (N-methyl/N-ethyl adjacent to an activating group) is 1.